The molecule has 1 aliphatic rings. The minimum Gasteiger partial charge on any atom is -0.480 e. The van der Waals surface area contributed by atoms with Crippen LogP contribution in [-0.2, 0) is 9.53 Å². The van der Waals surface area contributed by atoms with E-state index in [1.807, 2.05) is 4.90 Å². The van der Waals surface area contributed by atoms with Crippen LogP contribution in [0, 0.1) is 12.7 Å². The molecule has 98 valence electrons. The molecule has 1 unspecified atom stereocenters. The van der Waals surface area contributed by atoms with E-state index in [1.165, 1.54) is 12.1 Å². The third-order valence-electron chi connectivity index (χ3n) is 3.17. The molecular weight excluding hydrogens is 237 g/mol. The second-order valence-corrected chi connectivity index (χ2v) is 4.39. The molecule has 0 bridgehead atoms. The van der Waals surface area contributed by atoms with Gasteiger partial charge in [0.2, 0.25) is 0 Å². The predicted octanol–water partition coefficient (Wildman–Crippen LogP) is 1.59. The van der Waals surface area contributed by atoms with Gasteiger partial charge >= 0.3 is 5.97 Å². The number of carbonyl (C=O) groups is 1. The molecule has 0 saturated carbocycles. The predicted molar refractivity (Wildman–Crippen MR) is 63.9 cm³/mol. The molecule has 2 rings (SSSR count). The summed E-state index contributed by atoms with van der Waals surface area (Å²) < 4.78 is 18.3. The van der Waals surface area contributed by atoms with Gasteiger partial charge in [-0.3, -0.25) is 9.69 Å². The van der Waals surface area contributed by atoms with E-state index in [9.17, 15) is 14.3 Å². The smallest absolute Gasteiger partial charge is 0.325 e. The van der Waals surface area contributed by atoms with Gasteiger partial charge in [-0.05, 0) is 30.2 Å². The van der Waals surface area contributed by atoms with Gasteiger partial charge in [0.1, 0.15) is 11.9 Å². The number of halogens is 1. The zero-order chi connectivity index (χ0) is 13.1. The van der Waals surface area contributed by atoms with Gasteiger partial charge in [0.25, 0.3) is 0 Å². The monoisotopic (exact) mass is 253 g/mol. The fraction of sp³-hybridized carbons (Fsp3) is 0.462. The van der Waals surface area contributed by atoms with Crippen molar-refractivity contribution in [3.63, 3.8) is 0 Å². The average molecular weight is 253 g/mol. The molecule has 1 fully saturated rings. The summed E-state index contributed by atoms with van der Waals surface area (Å²) >= 11 is 0. The van der Waals surface area contributed by atoms with Gasteiger partial charge in [-0.1, -0.05) is 6.07 Å². The fourth-order valence-corrected chi connectivity index (χ4v) is 2.27. The van der Waals surface area contributed by atoms with Crippen LogP contribution in [-0.4, -0.2) is 42.3 Å². The summed E-state index contributed by atoms with van der Waals surface area (Å²) in [6.45, 7) is 3.95. The number of benzene rings is 1. The number of nitrogens with zero attached hydrogens (tertiary/aromatic N) is 1. The average Bonchev–Trinajstić information content (AvgIpc) is 2.33. The van der Waals surface area contributed by atoms with E-state index >= 15 is 0 Å². The van der Waals surface area contributed by atoms with Gasteiger partial charge in [0.05, 0.1) is 13.2 Å². The van der Waals surface area contributed by atoms with Gasteiger partial charge in [0.15, 0.2) is 0 Å². The van der Waals surface area contributed by atoms with Crippen LogP contribution in [0.15, 0.2) is 18.2 Å². The van der Waals surface area contributed by atoms with Crippen molar-refractivity contribution in [2.45, 2.75) is 13.0 Å². The highest BCUT2D eigenvalue weighted by atomic mass is 19.1. The number of rotatable bonds is 3. The number of hydrogen-bond donors (Lipinski definition) is 1. The standard InChI is InChI=1S/C13H16FNO3/c1-9-8-10(14)2-3-11(9)12(13(16)17)15-4-6-18-7-5-15/h2-3,8,12H,4-7H2,1H3,(H,16,17). The number of hydrogen-bond acceptors (Lipinski definition) is 3. The Labute approximate surface area is 105 Å². The van der Waals surface area contributed by atoms with Crippen molar-refractivity contribution in [3.05, 3.63) is 35.1 Å². The SMILES string of the molecule is Cc1cc(F)ccc1C(C(=O)O)N1CCOCC1. The molecule has 1 saturated heterocycles. The highest BCUT2D eigenvalue weighted by Gasteiger charge is 2.29. The molecule has 18 heavy (non-hydrogen) atoms. The maximum atomic E-state index is 13.1. The van der Waals surface area contributed by atoms with E-state index in [4.69, 9.17) is 4.74 Å². The fourth-order valence-electron chi connectivity index (χ4n) is 2.27. The minimum absolute atomic E-state index is 0.345. The molecule has 5 heteroatoms. The molecule has 1 heterocycles. The van der Waals surface area contributed by atoms with Gasteiger partial charge in [-0.15, -0.1) is 0 Å². The van der Waals surface area contributed by atoms with Crippen LogP contribution in [0.4, 0.5) is 4.39 Å². The first kappa shape index (κ1) is 13.0. The van der Waals surface area contributed by atoms with E-state index in [2.05, 4.69) is 0 Å². The van der Waals surface area contributed by atoms with Crippen molar-refractivity contribution < 1.29 is 19.0 Å². The molecular formula is C13H16FNO3. The summed E-state index contributed by atoms with van der Waals surface area (Å²) in [5, 5.41) is 9.40. The lowest BCUT2D eigenvalue weighted by Crippen LogP contribution is -2.42. The summed E-state index contributed by atoms with van der Waals surface area (Å²) in [5.74, 6) is -1.26. The normalized spacial score (nSPS) is 18.6. The molecule has 0 radical (unpaired) electrons. The zero-order valence-electron chi connectivity index (χ0n) is 10.2. The lowest BCUT2D eigenvalue weighted by Gasteiger charge is -2.32. The van der Waals surface area contributed by atoms with Crippen molar-refractivity contribution in [2.24, 2.45) is 0 Å². The molecule has 1 N–H and O–H groups in total. The lowest BCUT2D eigenvalue weighted by atomic mass is 9.99. The molecule has 1 aromatic rings. The van der Waals surface area contributed by atoms with Crippen molar-refractivity contribution >= 4 is 5.97 Å². The van der Waals surface area contributed by atoms with Crippen LogP contribution >= 0.6 is 0 Å². The molecule has 1 aromatic carbocycles. The van der Waals surface area contributed by atoms with E-state index in [0.29, 0.717) is 37.4 Å². The quantitative estimate of drug-likeness (QED) is 0.888. The number of carboxylic acid groups (broad SMARTS) is 1. The summed E-state index contributed by atoms with van der Waals surface area (Å²) in [5.41, 5.74) is 1.31. The number of ether oxygens (including phenoxy) is 1. The van der Waals surface area contributed by atoms with Crippen LogP contribution in [0.2, 0.25) is 0 Å². The zero-order valence-corrected chi connectivity index (χ0v) is 10.2. The molecule has 0 aromatic heterocycles. The number of aliphatic carboxylic acids is 1. The highest BCUT2D eigenvalue weighted by Crippen LogP contribution is 2.25. The van der Waals surface area contributed by atoms with Crippen LogP contribution in [0.5, 0.6) is 0 Å². The maximum absolute atomic E-state index is 13.1. The first-order valence-corrected chi connectivity index (χ1v) is 5.90. The van der Waals surface area contributed by atoms with Crippen LogP contribution in [0.3, 0.4) is 0 Å². The lowest BCUT2D eigenvalue weighted by molar-refractivity contribution is -0.145. The summed E-state index contributed by atoms with van der Waals surface area (Å²) in [6, 6.07) is 3.50. The second kappa shape index (κ2) is 5.46. The third-order valence-corrected chi connectivity index (χ3v) is 3.17. The van der Waals surface area contributed by atoms with Crippen LogP contribution < -0.4 is 0 Å². The van der Waals surface area contributed by atoms with Crippen molar-refractivity contribution in [2.75, 3.05) is 26.3 Å². The highest BCUT2D eigenvalue weighted by molar-refractivity contribution is 5.76. The third kappa shape index (κ3) is 2.68. The Bertz CT molecular complexity index is 444. The van der Waals surface area contributed by atoms with Crippen LogP contribution in [0.25, 0.3) is 0 Å². The summed E-state index contributed by atoms with van der Waals surface area (Å²) in [7, 11) is 0. The maximum Gasteiger partial charge on any atom is 0.325 e. The summed E-state index contributed by atoms with van der Waals surface area (Å²) in [6.07, 6.45) is 0. The number of morpholine rings is 1. The van der Waals surface area contributed by atoms with Gasteiger partial charge < -0.3 is 9.84 Å². The topological polar surface area (TPSA) is 49.8 Å². The Balaban J connectivity index is 2.31. The molecule has 1 atom stereocenters. The van der Waals surface area contributed by atoms with Gasteiger partial charge in [0, 0.05) is 13.1 Å². The summed E-state index contributed by atoms with van der Waals surface area (Å²) in [4.78, 5) is 13.3. The molecule has 1 aliphatic heterocycles. The van der Waals surface area contributed by atoms with Crippen LogP contribution in [0.1, 0.15) is 17.2 Å². The van der Waals surface area contributed by atoms with E-state index in [-0.39, 0.29) is 5.82 Å². The largest absolute Gasteiger partial charge is 0.480 e. The second-order valence-electron chi connectivity index (χ2n) is 4.39. The van der Waals surface area contributed by atoms with Crippen molar-refractivity contribution in [3.8, 4) is 0 Å². The first-order chi connectivity index (χ1) is 8.59. The van der Waals surface area contributed by atoms with Gasteiger partial charge in [-0.25, -0.2) is 4.39 Å². The minimum atomic E-state index is -0.911. The Kier molecular flexibility index (Phi) is 3.93. The van der Waals surface area contributed by atoms with E-state index in [1.54, 1.807) is 13.0 Å². The first-order valence-electron chi connectivity index (χ1n) is 5.90. The van der Waals surface area contributed by atoms with Gasteiger partial charge in [-0.2, -0.15) is 0 Å². The molecule has 0 spiro atoms. The Morgan fingerprint density at radius 1 is 1.44 bits per heavy atom. The van der Waals surface area contributed by atoms with Crippen molar-refractivity contribution in [1.29, 1.82) is 0 Å². The van der Waals surface area contributed by atoms with Crippen molar-refractivity contribution in [1.82, 2.24) is 4.90 Å². The number of carboxylic acids is 1. The molecule has 0 aliphatic carbocycles. The Morgan fingerprint density at radius 3 is 2.67 bits per heavy atom. The Hall–Kier alpha value is -1.46. The van der Waals surface area contributed by atoms with E-state index in [0.717, 1.165) is 0 Å². The van der Waals surface area contributed by atoms with E-state index < -0.39 is 12.0 Å². The molecule has 4 nitrogen and oxygen atoms in total. The molecule has 0 amide bonds. The number of aryl methyl sites for hydroxylation is 1. The Morgan fingerprint density at radius 2 is 2.11 bits per heavy atom.